The van der Waals surface area contributed by atoms with E-state index in [1.54, 1.807) is 11.8 Å². The number of morpholine rings is 1. The first-order chi connectivity index (χ1) is 14.4. The highest BCUT2D eigenvalue weighted by molar-refractivity contribution is 6.09. The molecule has 3 N–H and O–H groups in total. The number of halogens is 2. The minimum atomic E-state index is -2.87. The zero-order valence-electron chi connectivity index (χ0n) is 18.3. The largest absolute Gasteiger partial charge is 0.370 e. The number of hydrogen-bond acceptors (Lipinski definition) is 5. The molecule has 0 unspecified atom stereocenters. The number of carbonyl (C=O) groups is 3. The van der Waals surface area contributed by atoms with Crippen LogP contribution in [0.3, 0.4) is 0 Å². The van der Waals surface area contributed by atoms with Gasteiger partial charge in [0.25, 0.3) is 18.2 Å². The zero-order chi connectivity index (χ0) is 23.3. The van der Waals surface area contributed by atoms with Gasteiger partial charge < -0.3 is 20.7 Å². The molecule has 0 aromatic heterocycles. The Morgan fingerprint density at radius 3 is 2.52 bits per heavy atom. The summed E-state index contributed by atoms with van der Waals surface area (Å²) in [5.41, 5.74) is 5.04. The molecule has 10 heteroatoms. The smallest absolute Gasteiger partial charge is 0.265 e. The molecule has 1 aromatic carbocycles. The summed E-state index contributed by atoms with van der Waals surface area (Å²) in [5.74, 6) is -1.94. The van der Waals surface area contributed by atoms with Crippen molar-refractivity contribution in [1.29, 1.82) is 0 Å². The van der Waals surface area contributed by atoms with Crippen molar-refractivity contribution in [2.24, 2.45) is 11.1 Å². The average Bonchev–Trinajstić information content (AvgIpc) is 2.66. The fourth-order valence-corrected chi connectivity index (χ4v) is 3.51. The first-order valence-electron chi connectivity index (χ1n) is 10.1. The van der Waals surface area contributed by atoms with Crippen LogP contribution in [0, 0.1) is 5.41 Å². The molecule has 1 saturated heterocycles. The van der Waals surface area contributed by atoms with Gasteiger partial charge in [-0.3, -0.25) is 19.3 Å². The minimum Gasteiger partial charge on any atom is -0.370 e. The molecule has 0 saturated carbocycles. The third-order valence-corrected chi connectivity index (χ3v) is 4.77. The predicted molar refractivity (Wildman–Crippen MR) is 113 cm³/mol. The van der Waals surface area contributed by atoms with Gasteiger partial charge in [0.1, 0.15) is 6.61 Å². The van der Waals surface area contributed by atoms with Crippen molar-refractivity contribution >= 4 is 29.1 Å². The molecule has 0 bridgehead atoms. The standard InChI is InChI=1S/C21H30F2N4O4/c1-5-26(12-21(2,3)4)17(19(24)29)20(30)25-13-6-7-15(14(10-13)18(22)23)27-8-9-31-11-16(27)28/h6-7,10,17-18H,5,8-9,11-12H2,1-4H3,(H2,24,29)(H,25,30)/t17-/m1/s1. The van der Waals surface area contributed by atoms with Crippen LogP contribution in [-0.2, 0) is 19.1 Å². The molecule has 2 rings (SSSR count). The van der Waals surface area contributed by atoms with Gasteiger partial charge in [-0.1, -0.05) is 27.7 Å². The number of nitrogens with two attached hydrogens (primary N) is 1. The molecule has 0 aliphatic carbocycles. The molecule has 31 heavy (non-hydrogen) atoms. The maximum Gasteiger partial charge on any atom is 0.265 e. The summed E-state index contributed by atoms with van der Waals surface area (Å²) in [5, 5.41) is 2.52. The summed E-state index contributed by atoms with van der Waals surface area (Å²) in [6.07, 6.45) is -2.87. The molecular weight excluding hydrogens is 410 g/mol. The van der Waals surface area contributed by atoms with Crippen LogP contribution in [0.15, 0.2) is 18.2 Å². The molecule has 1 heterocycles. The number of nitrogens with one attached hydrogen (secondary N) is 1. The number of rotatable bonds is 8. The van der Waals surface area contributed by atoms with Gasteiger partial charge in [0.05, 0.1) is 12.3 Å². The van der Waals surface area contributed by atoms with Gasteiger partial charge in [0.2, 0.25) is 5.91 Å². The summed E-state index contributed by atoms with van der Waals surface area (Å²) in [6, 6.07) is 2.63. The van der Waals surface area contributed by atoms with Gasteiger partial charge in [0, 0.05) is 24.3 Å². The summed E-state index contributed by atoms with van der Waals surface area (Å²) in [7, 11) is 0. The molecule has 0 radical (unpaired) electrons. The maximum atomic E-state index is 13.7. The highest BCUT2D eigenvalue weighted by atomic mass is 19.3. The van der Waals surface area contributed by atoms with Crippen molar-refractivity contribution in [2.75, 3.05) is 43.1 Å². The topological polar surface area (TPSA) is 105 Å². The lowest BCUT2D eigenvalue weighted by molar-refractivity contribution is -0.133. The number of alkyl halides is 2. The van der Waals surface area contributed by atoms with Gasteiger partial charge in [-0.15, -0.1) is 0 Å². The Kier molecular flexibility index (Phi) is 8.08. The monoisotopic (exact) mass is 440 g/mol. The normalized spacial score (nSPS) is 16.0. The van der Waals surface area contributed by atoms with E-state index in [9.17, 15) is 23.2 Å². The van der Waals surface area contributed by atoms with Crippen LogP contribution >= 0.6 is 0 Å². The first kappa shape index (κ1) is 24.7. The van der Waals surface area contributed by atoms with Crippen molar-refractivity contribution in [3.05, 3.63) is 23.8 Å². The van der Waals surface area contributed by atoms with Crippen LogP contribution in [0.25, 0.3) is 0 Å². The van der Waals surface area contributed by atoms with Gasteiger partial charge in [0.15, 0.2) is 6.04 Å². The van der Waals surface area contributed by atoms with Crippen LogP contribution in [-0.4, -0.2) is 61.5 Å². The van der Waals surface area contributed by atoms with Crippen LogP contribution in [0.5, 0.6) is 0 Å². The van der Waals surface area contributed by atoms with Gasteiger partial charge in [-0.05, 0) is 30.2 Å². The first-order valence-corrected chi connectivity index (χ1v) is 10.1. The van der Waals surface area contributed by atoms with Crippen molar-refractivity contribution in [1.82, 2.24) is 4.90 Å². The summed E-state index contributed by atoms with van der Waals surface area (Å²) in [4.78, 5) is 39.8. The highest BCUT2D eigenvalue weighted by Gasteiger charge is 2.33. The summed E-state index contributed by atoms with van der Waals surface area (Å²) in [6.45, 7) is 8.76. The minimum absolute atomic E-state index is 0.0654. The number of anilines is 2. The Labute approximate surface area is 180 Å². The molecular formula is C21H30F2N4O4. The maximum absolute atomic E-state index is 13.7. The molecule has 8 nitrogen and oxygen atoms in total. The Morgan fingerprint density at radius 2 is 2.00 bits per heavy atom. The summed E-state index contributed by atoms with van der Waals surface area (Å²) >= 11 is 0. The van der Waals surface area contributed by atoms with Gasteiger partial charge >= 0.3 is 0 Å². The molecule has 172 valence electrons. The summed E-state index contributed by atoms with van der Waals surface area (Å²) < 4.78 is 32.5. The Balaban J connectivity index is 2.29. The highest BCUT2D eigenvalue weighted by Crippen LogP contribution is 2.33. The number of primary amides is 1. The molecule has 1 atom stereocenters. The molecule has 1 aliphatic heterocycles. The molecule has 1 fully saturated rings. The van der Waals surface area contributed by atoms with Crippen LogP contribution < -0.4 is 16.0 Å². The number of amides is 3. The van der Waals surface area contributed by atoms with E-state index < -0.39 is 35.8 Å². The number of carbonyl (C=O) groups excluding carboxylic acids is 3. The van der Waals surface area contributed by atoms with Crippen molar-refractivity contribution in [3.63, 3.8) is 0 Å². The fourth-order valence-electron chi connectivity index (χ4n) is 3.51. The van der Waals surface area contributed by atoms with E-state index in [-0.39, 0.29) is 36.5 Å². The second kappa shape index (κ2) is 10.1. The third-order valence-electron chi connectivity index (χ3n) is 4.77. The number of likely N-dealkylation sites (N-methyl/N-ethyl adjacent to an activating group) is 1. The molecule has 1 aliphatic rings. The van der Waals surface area contributed by atoms with Crippen LogP contribution in [0.2, 0.25) is 0 Å². The fraction of sp³-hybridized carbons (Fsp3) is 0.571. The van der Waals surface area contributed by atoms with Gasteiger partial charge in [-0.2, -0.15) is 0 Å². The van der Waals surface area contributed by atoms with Crippen LogP contribution in [0.1, 0.15) is 39.7 Å². The number of benzene rings is 1. The van der Waals surface area contributed by atoms with Crippen molar-refractivity contribution in [3.8, 4) is 0 Å². The zero-order valence-corrected chi connectivity index (χ0v) is 18.3. The SMILES string of the molecule is CCN(CC(C)(C)C)[C@H](C(N)=O)C(=O)Nc1ccc(N2CCOCC2=O)c(C(F)F)c1. The van der Waals surface area contributed by atoms with E-state index in [2.05, 4.69) is 5.32 Å². The Morgan fingerprint density at radius 1 is 1.32 bits per heavy atom. The molecule has 1 aromatic rings. The average molecular weight is 440 g/mol. The van der Waals surface area contributed by atoms with Crippen LogP contribution in [0.4, 0.5) is 20.2 Å². The Hall–Kier alpha value is -2.59. The van der Waals surface area contributed by atoms with E-state index in [0.717, 1.165) is 6.07 Å². The number of ether oxygens (including phenoxy) is 1. The quantitative estimate of drug-likeness (QED) is 0.603. The van der Waals surface area contributed by atoms with E-state index >= 15 is 0 Å². The van der Waals surface area contributed by atoms with Gasteiger partial charge in [-0.25, -0.2) is 8.78 Å². The number of hydrogen-bond donors (Lipinski definition) is 2. The lowest BCUT2D eigenvalue weighted by atomic mass is 9.95. The van der Waals surface area contributed by atoms with E-state index in [1.807, 2.05) is 20.8 Å². The van der Waals surface area contributed by atoms with E-state index in [1.165, 1.54) is 17.0 Å². The molecule has 0 spiro atoms. The third kappa shape index (κ3) is 6.44. The second-order valence-electron chi connectivity index (χ2n) is 8.59. The predicted octanol–water partition coefficient (Wildman–Crippen LogP) is 2.15. The van der Waals surface area contributed by atoms with E-state index in [4.69, 9.17) is 10.5 Å². The lowest BCUT2D eigenvalue weighted by Crippen LogP contribution is -2.54. The van der Waals surface area contributed by atoms with Crippen molar-refractivity contribution in [2.45, 2.75) is 40.2 Å². The van der Waals surface area contributed by atoms with E-state index in [0.29, 0.717) is 13.1 Å². The second-order valence-corrected chi connectivity index (χ2v) is 8.59. The lowest BCUT2D eigenvalue weighted by Gasteiger charge is -2.33. The Bertz CT molecular complexity index is 826. The van der Waals surface area contributed by atoms with Crippen molar-refractivity contribution < 1.29 is 27.9 Å². The molecule has 3 amide bonds. The number of nitrogens with zero attached hydrogens (tertiary/aromatic N) is 2.